The van der Waals surface area contributed by atoms with Crippen molar-refractivity contribution < 1.29 is 42.6 Å². The molecule has 4 saturated heterocycles. The van der Waals surface area contributed by atoms with E-state index in [1.54, 1.807) is 0 Å². The van der Waals surface area contributed by atoms with Crippen molar-refractivity contribution in [1.82, 2.24) is 0 Å². The van der Waals surface area contributed by atoms with Crippen LogP contribution < -0.4 is 4.74 Å². The van der Waals surface area contributed by atoms with Crippen molar-refractivity contribution in [3.8, 4) is 11.5 Å². The van der Waals surface area contributed by atoms with Gasteiger partial charge in [-0.3, -0.25) is 0 Å². The van der Waals surface area contributed by atoms with E-state index in [-0.39, 0.29) is 21.7 Å². The van der Waals surface area contributed by atoms with Crippen LogP contribution >= 0.6 is 0 Å². The van der Waals surface area contributed by atoms with Crippen LogP contribution in [-0.2, 0) is 37.9 Å². The molecule has 0 saturated carbocycles. The minimum absolute atomic E-state index is 0.0105. The second-order valence-corrected chi connectivity index (χ2v) is 14.5. The summed E-state index contributed by atoms with van der Waals surface area (Å²) in [5, 5.41) is 0. The van der Waals surface area contributed by atoms with E-state index in [1.807, 2.05) is 48.5 Å². The van der Waals surface area contributed by atoms with Gasteiger partial charge in [-0.15, -0.1) is 0 Å². The predicted molar refractivity (Wildman–Crippen MR) is 176 cm³/mol. The molecule has 0 unspecified atom stereocenters. The van der Waals surface area contributed by atoms with E-state index < -0.39 is 12.6 Å². The van der Waals surface area contributed by atoms with Crippen LogP contribution in [0.2, 0.25) is 0 Å². The fraction of sp³-hybridized carbons (Fsp3) is 0.684. The highest BCUT2D eigenvalue weighted by Crippen LogP contribution is 2.42. The Morgan fingerprint density at radius 1 is 0.468 bits per heavy atom. The molecule has 0 N–H and O–H groups in total. The Bertz CT molecular complexity index is 1110. The molecule has 2 aromatic rings. The van der Waals surface area contributed by atoms with E-state index in [0.717, 1.165) is 36.8 Å². The number of benzene rings is 2. The first-order chi connectivity index (χ1) is 22.9. The first-order valence-corrected chi connectivity index (χ1v) is 17.5. The lowest BCUT2D eigenvalue weighted by Crippen LogP contribution is -2.47. The Kier molecular flexibility index (Phi) is 11.3. The molecule has 9 heteroatoms. The summed E-state index contributed by atoms with van der Waals surface area (Å²) in [5.41, 5.74) is 1.72. The van der Waals surface area contributed by atoms with Crippen LogP contribution in [0.1, 0.15) is 77.1 Å². The lowest BCUT2D eigenvalue weighted by atomic mass is 9.84. The minimum atomic E-state index is -0.610. The molecule has 9 nitrogen and oxygen atoms in total. The summed E-state index contributed by atoms with van der Waals surface area (Å²) in [6.07, 6.45) is 2.71. The third kappa shape index (κ3) is 7.73. The molecule has 4 heterocycles. The molecule has 0 amide bonds. The van der Waals surface area contributed by atoms with Crippen LogP contribution in [0.5, 0.6) is 11.5 Å². The van der Waals surface area contributed by atoms with E-state index in [1.165, 1.54) is 0 Å². The number of ether oxygens (including phenoxy) is 9. The van der Waals surface area contributed by atoms with Gasteiger partial charge in [0.1, 0.15) is 11.5 Å². The molecule has 4 fully saturated rings. The zero-order valence-electron chi connectivity index (χ0n) is 28.8. The van der Waals surface area contributed by atoms with Gasteiger partial charge in [-0.1, -0.05) is 64.1 Å². The van der Waals surface area contributed by atoms with Crippen molar-refractivity contribution in [2.24, 2.45) is 21.7 Å². The minimum Gasteiger partial charge on any atom is -0.456 e. The smallest absolute Gasteiger partial charge is 0.187 e. The summed E-state index contributed by atoms with van der Waals surface area (Å²) >= 11 is 0. The van der Waals surface area contributed by atoms with E-state index in [2.05, 4.69) is 27.7 Å². The maximum atomic E-state index is 6.78. The second-order valence-electron chi connectivity index (χ2n) is 14.5. The van der Waals surface area contributed by atoms with Gasteiger partial charge in [0.05, 0.1) is 90.4 Å². The zero-order chi connectivity index (χ0) is 32.8. The Balaban J connectivity index is 1.25. The van der Waals surface area contributed by atoms with Gasteiger partial charge in [-0.25, -0.2) is 0 Å². The molecule has 0 aliphatic carbocycles. The van der Waals surface area contributed by atoms with Gasteiger partial charge in [-0.2, -0.15) is 0 Å². The summed E-state index contributed by atoms with van der Waals surface area (Å²) < 4.78 is 55.5. The standard InChI is InChI=1S/C38H54O9/c1-5-35(17-39-18-35)25-43-33(44-26-36(6-2)19-40-20-36)29-13-9-11-15-31(29)47-32-16-12-10-14-30(32)34(45-27-37(7-3)21-41-22-37)46-28-38(8-4)23-42-24-38/h9-16,33-34H,5-8,17-28H2,1-4H3. The summed E-state index contributed by atoms with van der Waals surface area (Å²) in [6, 6.07) is 16.0. The maximum Gasteiger partial charge on any atom is 0.187 e. The average Bonchev–Trinajstić information content (AvgIpc) is 3.02. The lowest BCUT2D eigenvalue weighted by Gasteiger charge is -2.43. The third-order valence-corrected chi connectivity index (χ3v) is 11.0. The molecule has 2 aromatic carbocycles. The number of hydrogen-bond donors (Lipinski definition) is 0. The van der Waals surface area contributed by atoms with E-state index in [9.17, 15) is 0 Å². The van der Waals surface area contributed by atoms with Crippen LogP contribution in [-0.4, -0.2) is 79.3 Å². The van der Waals surface area contributed by atoms with Crippen LogP contribution in [0.25, 0.3) is 0 Å². The molecule has 0 spiro atoms. The van der Waals surface area contributed by atoms with Gasteiger partial charge < -0.3 is 42.6 Å². The van der Waals surface area contributed by atoms with Gasteiger partial charge in [0.2, 0.25) is 0 Å². The average molecular weight is 655 g/mol. The SMILES string of the molecule is CCC1(COC(OCC2(CC)COC2)c2ccccc2Oc2ccccc2C(OCC2(CC)COC2)OCC2(CC)COC2)COC1. The Hall–Kier alpha value is -2.08. The molecule has 0 bridgehead atoms. The first kappa shape index (κ1) is 34.8. The number of para-hydroxylation sites is 2. The number of rotatable bonds is 20. The molecule has 0 radical (unpaired) electrons. The van der Waals surface area contributed by atoms with Crippen molar-refractivity contribution in [1.29, 1.82) is 0 Å². The highest BCUT2D eigenvalue weighted by Gasteiger charge is 2.42. The molecular weight excluding hydrogens is 600 g/mol. The Labute approximate surface area is 280 Å². The topological polar surface area (TPSA) is 83.1 Å². The molecule has 4 aliphatic heterocycles. The normalized spacial score (nSPS) is 21.8. The molecule has 260 valence electrons. The molecule has 47 heavy (non-hydrogen) atoms. The fourth-order valence-electron chi connectivity index (χ4n) is 6.24. The fourth-order valence-corrected chi connectivity index (χ4v) is 6.24. The van der Waals surface area contributed by atoms with Crippen molar-refractivity contribution in [2.75, 3.05) is 79.3 Å². The van der Waals surface area contributed by atoms with Crippen molar-refractivity contribution in [2.45, 2.75) is 66.0 Å². The largest absolute Gasteiger partial charge is 0.456 e. The third-order valence-electron chi connectivity index (χ3n) is 11.0. The Morgan fingerprint density at radius 2 is 0.745 bits per heavy atom. The monoisotopic (exact) mass is 654 g/mol. The van der Waals surface area contributed by atoms with Crippen LogP contribution in [0.15, 0.2) is 48.5 Å². The molecule has 0 aromatic heterocycles. The first-order valence-electron chi connectivity index (χ1n) is 17.5. The van der Waals surface area contributed by atoms with E-state index in [0.29, 0.717) is 90.8 Å². The molecule has 4 aliphatic rings. The van der Waals surface area contributed by atoms with Gasteiger partial charge in [0, 0.05) is 21.7 Å². The van der Waals surface area contributed by atoms with Gasteiger partial charge in [0.25, 0.3) is 0 Å². The maximum absolute atomic E-state index is 6.78. The van der Waals surface area contributed by atoms with Gasteiger partial charge in [-0.05, 0) is 37.8 Å². The second kappa shape index (κ2) is 15.2. The predicted octanol–water partition coefficient (Wildman–Crippen LogP) is 7.25. The number of hydrogen-bond acceptors (Lipinski definition) is 9. The van der Waals surface area contributed by atoms with Crippen LogP contribution in [0, 0.1) is 21.7 Å². The highest BCUT2D eigenvalue weighted by molar-refractivity contribution is 5.42. The van der Waals surface area contributed by atoms with E-state index in [4.69, 9.17) is 42.6 Å². The quantitative estimate of drug-likeness (QED) is 0.137. The van der Waals surface area contributed by atoms with Crippen molar-refractivity contribution in [3.05, 3.63) is 59.7 Å². The van der Waals surface area contributed by atoms with Crippen LogP contribution in [0.3, 0.4) is 0 Å². The van der Waals surface area contributed by atoms with Crippen LogP contribution in [0.4, 0.5) is 0 Å². The molecule has 0 atom stereocenters. The molecular formula is C38H54O9. The Morgan fingerprint density at radius 3 is 0.979 bits per heavy atom. The summed E-state index contributed by atoms with van der Waals surface area (Å²) in [6.45, 7) is 16.5. The summed E-state index contributed by atoms with van der Waals surface area (Å²) in [4.78, 5) is 0. The van der Waals surface area contributed by atoms with Gasteiger partial charge >= 0.3 is 0 Å². The van der Waals surface area contributed by atoms with E-state index >= 15 is 0 Å². The van der Waals surface area contributed by atoms with Crippen molar-refractivity contribution in [3.63, 3.8) is 0 Å². The highest BCUT2D eigenvalue weighted by atomic mass is 16.7. The zero-order valence-corrected chi connectivity index (χ0v) is 28.8. The molecule has 6 rings (SSSR count). The van der Waals surface area contributed by atoms with Gasteiger partial charge in [0.15, 0.2) is 12.6 Å². The lowest BCUT2D eigenvalue weighted by molar-refractivity contribution is -0.238. The summed E-state index contributed by atoms with van der Waals surface area (Å²) in [5.74, 6) is 1.34. The summed E-state index contributed by atoms with van der Waals surface area (Å²) in [7, 11) is 0. The van der Waals surface area contributed by atoms with Crippen molar-refractivity contribution >= 4 is 0 Å².